The molecule has 23 heavy (non-hydrogen) atoms. The summed E-state index contributed by atoms with van der Waals surface area (Å²) in [4.78, 5) is 31.3. The number of aromatic amines is 1. The maximum absolute atomic E-state index is 12.3. The summed E-state index contributed by atoms with van der Waals surface area (Å²) in [6.07, 6.45) is 8.14. The molecule has 6 heteroatoms. The fourth-order valence-corrected chi connectivity index (χ4v) is 3.42. The highest BCUT2D eigenvalue weighted by molar-refractivity contribution is 5.79. The molecule has 0 unspecified atom stereocenters. The minimum Gasteiger partial charge on any atom is -0.365 e. The van der Waals surface area contributed by atoms with Crippen LogP contribution in [0, 0.1) is 0 Å². The number of hydrogen-bond acceptors (Lipinski definition) is 2. The monoisotopic (exact) mass is 318 g/mol. The number of carbonyl (C=O) groups is 2. The Morgan fingerprint density at radius 3 is 2.43 bits per heavy atom. The number of hydrogen-bond donors (Lipinski definition) is 2. The summed E-state index contributed by atoms with van der Waals surface area (Å²) in [5.74, 6) is 0.125. The Morgan fingerprint density at radius 2 is 1.78 bits per heavy atom. The van der Waals surface area contributed by atoms with Crippen LogP contribution in [0.15, 0.2) is 18.3 Å². The normalized spacial score (nSPS) is 19.7. The zero-order chi connectivity index (χ0) is 16.1. The number of piperazine rings is 1. The molecule has 0 radical (unpaired) electrons. The van der Waals surface area contributed by atoms with Crippen molar-refractivity contribution in [3.8, 4) is 0 Å². The second-order valence-electron chi connectivity index (χ2n) is 6.52. The summed E-state index contributed by atoms with van der Waals surface area (Å²) in [6, 6.07) is 4.19. The Bertz CT molecular complexity index is 515. The molecule has 0 spiro atoms. The summed E-state index contributed by atoms with van der Waals surface area (Å²) in [5, 5.41) is 3.15. The lowest BCUT2D eigenvalue weighted by Gasteiger charge is -2.36. The van der Waals surface area contributed by atoms with Crippen molar-refractivity contribution >= 4 is 11.9 Å². The Morgan fingerprint density at radius 1 is 1.09 bits per heavy atom. The van der Waals surface area contributed by atoms with Crippen molar-refractivity contribution in [3.05, 3.63) is 24.0 Å². The number of carbonyl (C=O) groups excluding carboxylic acids is 2. The highest BCUT2D eigenvalue weighted by atomic mass is 16.2. The van der Waals surface area contributed by atoms with Crippen molar-refractivity contribution in [1.29, 1.82) is 0 Å². The van der Waals surface area contributed by atoms with Crippen molar-refractivity contribution in [3.63, 3.8) is 0 Å². The van der Waals surface area contributed by atoms with Crippen LogP contribution in [0.5, 0.6) is 0 Å². The van der Waals surface area contributed by atoms with Crippen LogP contribution < -0.4 is 5.32 Å². The molecule has 1 aromatic heterocycles. The topological polar surface area (TPSA) is 68.4 Å². The first kappa shape index (κ1) is 15.9. The molecule has 2 N–H and O–H groups in total. The van der Waals surface area contributed by atoms with Gasteiger partial charge in [-0.25, -0.2) is 4.79 Å². The van der Waals surface area contributed by atoms with Crippen LogP contribution in [0.25, 0.3) is 0 Å². The largest absolute Gasteiger partial charge is 0.365 e. The molecule has 2 fully saturated rings. The molecule has 1 aliphatic heterocycles. The minimum absolute atomic E-state index is 0.0355. The zero-order valence-electron chi connectivity index (χ0n) is 13.6. The number of H-pyrrole nitrogens is 1. The van der Waals surface area contributed by atoms with E-state index in [4.69, 9.17) is 0 Å². The van der Waals surface area contributed by atoms with Gasteiger partial charge < -0.3 is 20.1 Å². The van der Waals surface area contributed by atoms with Gasteiger partial charge in [0.25, 0.3) is 0 Å². The second kappa shape index (κ2) is 7.53. The van der Waals surface area contributed by atoms with Gasteiger partial charge >= 0.3 is 6.03 Å². The van der Waals surface area contributed by atoms with Crippen LogP contribution in [0.4, 0.5) is 4.79 Å². The van der Waals surface area contributed by atoms with Gasteiger partial charge in [0.15, 0.2) is 0 Å². The Balaban J connectivity index is 1.42. The Kier molecular flexibility index (Phi) is 5.20. The van der Waals surface area contributed by atoms with Crippen LogP contribution >= 0.6 is 0 Å². The van der Waals surface area contributed by atoms with E-state index in [1.165, 1.54) is 19.3 Å². The molecule has 2 aliphatic rings. The van der Waals surface area contributed by atoms with Crippen molar-refractivity contribution in [2.24, 2.45) is 0 Å². The molecule has 126 valence electrons. The number of aromatic nitrogens is 1. The SMILES string of the molecule is O=C(Cc1ccc[nH]1)N1CCN(C(=O)NC2CCCCC2)CC1. The maximum Gasteiger partial charge on any atom is 0.317 e. The molecule has 1 aliphatic carbocycles. The first-order valence-electron chi connectivity index (χ1n) is 8.68. The Labute approximate surface area is 137 Å². The van der Waals surface area contributed by atoms with E-state index in [-0.39, 0.29) is 11.9 Å². The van der Waals surface area contributed by atoms with Crippen LogP contribution in [0.2, 0.25) is 0 Å². The van der Waals surface area contributed by atoms with Crippen LogP contribution in [0.3, 0.4) is 0 Å². The van der Waals surface area contributed by atoms with Crippen LogP contribution in [0.1, 0.15) is 37.8 Å². The molecule has 3 rings (SSSR count). The quantitative estimate of drug-likeness (QED) is 0.891. The number of urea groups is 1. The fraction of sp³-hybridized carbons (Fsp3) is 0.647. The van der Waals surface area contributed by atoms with E-state index >= 15 is 0 Å². The molecule has 3 amide bonds. The maximum atomic E-state index is 12.3. The molecule has 1 aromatic rings. The van der Waals surface area contributed by atoms with Crippen LogP contribution in [-0.2, 0) is 11.2 Å². The van der Waals surface area contributed by atoms with Crippen molar-refractivity contribution < 1.29 is 9.59 Å². The average molecular weight is 318 g/mol. The smallest absolute Gasteiger partial charge is 0.317 e. The molecule has 0 atom stereocenters. The first-order valence-corrected chi connectivity index (χ1v) is 8.68. The van der Waals surface area contributed by atoms with Gasteiger partial charge in [0, 0.05) is 44.1 Å². The Hall–Kier alpha value is -1.98. The van der Waals surface area contributed by atoms with E-state index in [2.05, 4.69) is 10.3 Å². The van der Waals surface area contributed by atoms with E-state index in [9.17, 15) is 9.59 Å². The number of nitrogens with zero attached hydrogens (tertiary/aromatic N) is 2. The van der Waals surface area contributed by atoms with Gasteiger partial charge in [0.2, 0.25) is 5.91 Å². The number of rotatable bonds is 3. The van der Waals surface area contributed by atoms with Gasteiger partial charge in [-0.05, 0) is 25.0 Å². The summed E-state index contributed by atoms with van der Waals surface area (Å²) < 4.78 is 0. The third-order valence-electron chi connectivity index (χ3n) is 4.86. The third-order valence-corrected chi connectivity index (χ3v) is 4.86. The van der Waals surface area contributed by atoms with Crippen LogP contribution in [-0.4, -0.2) is 58.9 Å². The first-order chi connectivity index (χ1) is 11.2. The highest BCUT2D eigenvalue weighted by Crippen LogP contribution is 2.17. The third kappa shape index (κ3) is 4.27. The molecule has 0 bridgehead atoms. The molecule has 1 saturated heterocycles. The number of nitrogens with one attached hydrogen (secondary N) is 2. The molecule has 2 heterocycles. The zero-order valence-corrected chi connectivity index (χ0v) is 13.6. The van der Waals surface area contributed by atoms with Crippen molar-refractivity contribution in [2.45, 2.75) is 44.6 Å². The predicted molar refractivity (Wildman–Crippen MR) is 88.1 cm³/mol. The molecular weight excluding hydrogens is 292 g/mol. The van der Waals surface area contributed by atoms with E-state index in [0.29, 0.717) is 38.6 Å². The minimum atomic E-state index is 0.0355. The van der Waals surface area contributed by atoms with E-state index in [1.54, 1.807) is 0 Å². The summed E-state index contributed by atoms with van der Waals surface area (Å²) >= 11 is 0. The molecule has 6 nitrogen and oxygen atoms in total. The standard InChI is InChI=1S/C17H26N4O2/c22-16(13-15-7-4-8-18-15)20-9-11-21(12-10-20)17(23)19-14-5-2-1-3-6-14/h4,7-8,14,18H,1-3,5-6,9-13H2,(H,19,23). The van der Waals surface area contributed by atoms with Crippen molar-refractivity contribution in [2.75, 3.05) is 26.2 Å². The molecular formula is C17H26N4O2. The fourth-order valence-electron chi connectivity index (χ4n) is 3.42. The second-order valence-corrected chi connectivity index (χ2v) is 6.52. The highest BCUT2D eigenvalue weighted by Gasteiger charge is 2.25. The summed E-state index contributed by atoms with van der Waals surface area (Å²) in [7, 11) is 0. The summed E-state index contributed by atoms with van der Waals surface area (Å²) in [5.41, 5.74) is 0.937. The van der Waals surface area contributed by atoms with Crippen molar-refractivity contribution in [1.82, 2.24) is 20.1 Å². The van der Waals surface area contributed by atoms with Gasteiger partial charge in [-0.15, -0.1) is 0 Å². The number of amides is 3. The summed E-state index contributed by atoms with van der Waals surface area (Å²) in [6.45, 7) is 2.49. The lowest BCUT2D eigenvalue weighted by molar-refractivity contribution is -0.131. The lowest BCUT2D eigenvalue weighted by atomic mass is 9.96. The van der Waals surface area contributed by atoms with E-state index in [1.807, 2.05) is 28.1 Å². The molecule has 1 saturated carbocycles. The van der Waals surface area contributed by atoms with Gasteiger partial charge in [-0.2, -0.15) is 0 Å². The lowest BCUT2D eigenvalue weighted by Crippen LogP contribution is -2.55. The molecule has 0 aromatic carbocycles. The van der Waals surface area contributed by atoms with Gasteiger partial charge in [0.1, 0.15) is 0 Å². The van der Waals surface area contributed by atoms with Gasteiger partial charge in [-0.3, -0.25) is 4.79 Å². The van der Waals surface area contributed by atoms with Gasteiger partial charge in [0.05, 0.1) is 6.42 Å². The van der Waals surface area contributed by atoms with Gasteiger partial charge in [-0.1, -0.05) is 19.3 Å². The average Bonchev–Trinajstić information content (AvgIpc) is 3.09. The van der Waals surface area contributed by atoms with E-state index < -0.39 is 0 Å². The predicted octanol–water partition coefficient (Wildman–Crippen LogP) is 1.74. The van der Waals surface area contributed by atoms with E-state index in [0.717, 1.165) is 18.5 Å².